The predicted octanol–water partition coefficient (Wildman–Crippen LogP) is 4.29. The Morgan fingerprint density at radius 1 is 1.12 bits per heavy atom. The lowest BCUT2D eigenvalue weighted by atomic mass is 10.0. The molecule has 0 aliphatic carbocycles. The second-order valence-corrected chi connectivity index (χ2v) is 10.2. The molecule has 0 unspecified atom stereocenters. The molecule has 0 aliphatic rings. The maximum atomic E-state index is 13.7. The predicted molar refractivity (Wildman–Crippen MR) is 142 cm³/mol. The molecule has 0 atom stereocenters. The number of hydrogen-bond acceptors (Lipinski definition) is 8. The van der Waals surface area contributed by atoms with Crippen LogP contribution in [0.3, 0.4) is 0 Å². The van der Waals surface area contributed by atoms with Crippen molar-refractivity contribution in [2.24, 2.45) is 0 Å². The highest BCUT2D eigenvalue weighted by atomic mass is 79.9. The molecular weight excluding hydrogens is 647 g/mol. The van der Waals surface area contributed by atoms with Gasteiger partial charge >= 0.3 is 12.1 Å². The number of carbonyl (C=O) groups excluding carboxylic acids is 2. The lowest BCUT2D eigenvalue weighted by Gasteiger charge is -2.16. The number of alkyl halides is 5. The van der Waals surface area contributed by atoms with Crippen molar-refractivity contribution < 1.29 is 31.5 Å². The van der Waals surface area contributed by atoms with Crippen molar-refractivity contribution in [3.05, 3.63) is 74.9 Å². The summed E-state index contributed by atoms with van der Waals surface area (Å²) in [5, 5.41) is 28.3. The Hall–Kier alpha value is -4.79. The fourth-order valence-corrected chi connectivity index (χ4v) is 4.21. The number of halogens is 6. The number of nitrogens with zero attached hydrogens (tertiary/aromatic N) is 8. The molecule has 0 bridgehead atoms. The summed E-state index contributed by atoms with van der Waals surface area (Å²) in [5.41, 5.74) is 0.523. The third-order valence-corrected chi connectivity index (χ3v) is 6.31. The van der Waals surface area contributed by atoms with E-state index in [9.17, 15) is 36.8 Å². The number of hydrogen-bond donors (Lipinski definition) is 2. The molecule has 2 amide bonds. The number of amides is 2. The van der Waals surface area contributed by atoms with Crippen LogP contribution in [0.2, 0.25) is 0 Å². The van der Waals surface area contributed by atoms with E-state index in [4.69, 9.17) is 0 Å². The molecule has 3 heterocycles. The number of benzene rings is 1. The molecule has 4 rings (SSSR count). The maximum absolute atomic E-state index is 13.7. The molecule has 224 valence electrons. The van der Waals surface area contributed by atoms with Crippen LogP contribution >= 0.6 is 15.9 Å². The van der Waals surface area contributed by atoms with Crippen molar-refractivity contribution in [2.45, 2.75) is 45.5 Å². The number of aromatic nitrogens is 7. The first-order valence-electron chi connectivity index (χ1n) is 12.2. The highest BCUT2D eigenvalue weighted by molar-refractivity contribution is 9.10. The molecule has 0 saturated carbocycles. The summed E-state index contributed by atoms with van der Waals surface area (Å²) in [6.07, 6.45) is -4.53. The highest BCUT2D eigenvalue weighted by Gasteiger charge is 2.62. The van der Waals surface area contributed by atoms with Gasteiger partial charge in [-0.05, 0) is 77.8 Å². The molecule has 0 spiro atoms. The van der Waals surface area contributed by atoms with Crippen LogP contribution in [0.1, 0.15) is 57.3 Å². The third kappa shape index (κ3) is 6.51. The van der Waals surface area contributed by atoms with Crippen LogP contribution in [0.4, 0.5) is 27.6 Å². The Kier molecular flexibility index (Phi) is 8.57. The monoisotopic (exact) mass is 666 g/mol. The lowest BCUT2D eigenvalue weighted by Crippen LogP contribution is -2.35. The molecule has 43 heavy (non-hydrogen) atoms. The summed E-state index contributed by atoms with van der Waals surface area (Å²) in [4.78, 5) is 31.3. The molecule has 0 radical (unpaired) electrons. The van der Waals surface area contributed by atoms with E-state index in [2.05, 4.69) is 52.1 Å². The molecule has 4 aromatic rings. The zero-order valence-corrected chi connectivity index (χ0v) is 24.0. The van der Waals surface area contributed by atoms with Crippen LogP contribution in [-0.2, 0) is 12.5 Å². The fraction of sp³-hybridized carbons (Fsp3) is 0.280. The van der Waals surface area contributed by atoms with E-state index in [1.165, 1.54) is 24.4 Å². The molecule has 1 aromatic carbocycles. The first kappa shape index (κ1) is 31.2. The van der Waals surface area contributed by atoms with Crippen molar-refractivity contribution in [2.75, 3.05) is 5.32 Å². The molecule has 3 aromatic heterocycles. The minimum absolute atomic E-state index is 0.0221. The Balaban J connectivity index is 1.75. The third-order valence-electron chi connectivity index (χ3n) is 5.69. The summed E-state index contributed by atoms with van der Waals surface area (Å²) in [6, 6.07) is 8.93. The summed E-state index contributed by atoms with van der Waals surface area (Å²) in [5.74, 6) is -8.40. The van der Waals surface area contributed by atoms with E-state index in [1.807, 2.05) is 6.07 Å². The number of rotatable bonds is 8. The molecule has 0 aliphatic heterocycles. The van der Waals surface area contributed by atoms with Gasteiger partial charge in [0.1, 0.15) is 12.2 Å². The van der Waals surface area contributed by atoms with Crippen molar-refractivity contribution in [1.29, 1.82) is 5.26 Å². The van der Waals surface area contributed by atoms with Crippen LogP contribution in [0.25, 0.3) is 5.82 Å². The number of nitrogens with one attached hydrogen (secondary N) is 2. The van der Waals surface area contributed by atoms with E-state index in [-0.39, 0.29) is 40.1 Å². The molecule has 2 N–H and O–H groups in total. The van der Waals surface area contributed by atoms with E-state index in [1.54, 1.807) is 32.9 Å². The Morgan fingerprint density at radius 2 is 1.84 bits per heavy atom. The maximum Gasteiger partial charge on any atom is 0.461 e. The fourth-order valence-electron chi connectivity index (χ4n) is 3.79. The van der Waals surface area contributed by atoms with Crippen molar-refractivity contribution in [3.8, 4) is 11.9 Å². The topological polar surface area (TPSA) is 156 Å². The molecular formula is C25H20BrF5N10O2. The van der Waals surface area contributed by atoms with Crippen LogP contribution < -0.4 is 10.6 Å². The van der Waals surface area contributed by atoms with Gasteiger partial charge in [-0.15, -0.1) is 10.2 Å². The first-order chi connectivity index (χ1) is 20.1. The molecule has 12 nitrogen and oxygen atoms in total. The average molecular weight is 667 g/mol. The minimum atomic E-state index is -5.94. The standard InChI is InChI=1S/C25H20BrF5N10O2/c1-12(2)34-21(42)16-8-14(10-32)7-13(3)19(16)35-22(43)18-9-15(37-41(18)20-17(26)5-4-6-33-20)11-40-38-23(36-39-40)24(27,28)25(29,30)31/h4-9,12H,11H2,1-3H3,(H,34,42)(H,35,43). The van der Waals surface area contributed by atoms with Gasteiger partial charge < -0.3 is 10.6 Å². The van der Waals surface area contributed by atoms with E-state index in [0.717, 1.165) is 4.68 Å². The van der Waals surface area contributed by atoms with Gasteiger partial charge in [0, 0.05) is 12.2 Å². The molecule has 0 fully saturated rings. The molecule has 0 saturated heterocycles. The highest BCUT2D eigenvalue weighted by Crippen LogP contribution is 2.41. The van der Waals surface area contributed by atoms with Crippen molar-refractivity contribution in [3.63, 3.8) is 0 Å². The van der Waals surface area contributed by atoms with Gasteiger partial charge in [0.05, 0.1) is 33.1 Å². The van der Waals surface area contributed by atoms with Crippen molar-refractivity contribution in [1.82, 2.24) is 40.3 Å². The second-order valence-electron chi connectivity index (χ2n) is 9.37. The van der Waals surface area contributed by atoms with Crippen LogP contribution in [0, 0.1) is 18.3 Å². The van der Waals surface area contributed by atoms with E-state index < -0.39 is 36.3 Å². The van der Waals surface area contributed by atoms with Gasteiger partial charge in [-0.25, -0.2) is 9.67 Å². The summed E-state index contributed by atoms with van der Waals surface area (Å²) < 4.78 is 67.0. The largest absolute Gasteiger partial charge is 0.461 e. The van der Waals surface area contributed by atoms with E-state index in [0.29, 0.717) is 14.8 Å². The smallest absolute Gasteiger partial charge is 0.350 e. The van der Waals surface area contributed by atoms with Gasteiger partial charge in [-0.2, -0.15) is 37.1 Å². The van der Waals surface area contributed by atoms with Crippen LogP contribution in [0.15, 0.2) is 41.0 Å². The minimum Gasteiger partial charge on any atom is -0.350 e. The van der Waals surface area contributed by atoms with Gasteiger partial charge in [0.25, 0.3) is 17.6 Å². The number of nitriles is 1. The number of tetrazole rings is 1. The Morgan fingerprint density at radius 3 is 2.47 bits per heavy atom. The first-order valence-corrected chi connectivity index (χ1v) is 13.0. The Bertz CT molecular complexity index is 1740. The normalized spacial score (nSPS) is 11.8. The zero-order chi connectivity index (χ0) is 31.7. The summed E-state index contributed by atoms with van der Waals surface area (Å²) in [7, 11) is 0. The van der Waals surface area contributed by atoms with Gasteiger partial charge in [0.15, 0.2) is 5.82 Å². The van der Waals surface area contributed by atoms with Gasteiger partial charge in [-0.1, -0.05) is 0 Å². The van der Waals surface area contributed by atoms with Crippen molar-refractivity contribution >= 4 is 33.4 Å². The van der Waals surface area contributed by atoms with Gasteiger partial charge in [0.2, 0.25) is 0 Å². The second kappa shape index (κ2) is 11.8. The zero-order valence-electron chi connectivity index (χ0n) is 22.4. The SMILES string of the molecule is Cc1cc(C#N)cc(C(=O)NC(C)C)c1NC(=O)c1cc(Cn2nnc(C(F)(F)C(F)(F)F)n2)nn1-c1ncccc1Br. The number of aryl methyl sites for hydroxylation is 1. The number of carbonyl (C=O) groups is 2. The van der Waals surface area contributed by atoms with Crippen LogP contribution in [-0.4, -0.2) is 59.0 Å². The lowest BCUT2D eigenvalue weighted by molar-refractivity contribution is -0.292. The van der Waals surface area contributed by atoms with Gasteiger partial charge in [-0.3, -0.25) is 9.59 Å². The number of pyridine rings is 1. The van der Waals surface area contributed by atoms with Crippen LogP contribution in [0.5, 0.6) is 0 Å². The quantitative estimate of drug-likeness (QED) is 0.264. The van der Waals surface area contributed by atoms with E-state index >= 15 is 0 Å². The average Bonchev–Trinajstić information content (AvgIpc) is 3.57. The number of anilines is 1. The summed E-state index contributed by atoms with van der Waals surface area (Å²) >= 11 is 3.32. The molecule has 18 heteroatoms. The summed E-state index contributed by atoms with van der Waals surface area (Å²) in [6.45, 7) is 4.51. The Labute approximate surface area is 248 Å².